The molecule has 3 rings (SSSR count). The molecular weight excluding hydrogens is 707 g/mol. The fourth-order valence-electron chi connectivity index (χ4n) is 2.06. The molecule has 0 aliphatic rings. The van der Waals surface area contributed by atoms with E-state index in [1.165, 1.54) is 12.1 Å². The average Bonchev–Trinajstić information content (AvgIpc) is 3.12. The van der Waals surface area contributed by atoms with Gasteiger partial charge in [0, 0.05) is 6.07 Å². The van der Waals surface area contributed by atoms with Gasteiger partial charge in [-0.1, -0.05) is 6.07 Å². The van der Waals surface area contributed by atoms with E-state index in [-0.39, 0.29) is 20.0 Å². The lowest BCUT2D eigenvalue weighted by atomic mass is 10.3. The molecule has 0 aliphatic heterocycles. The zero-order valence-electron chi connectivity index (χ0n) is 16.3. The van der Waals surface area contributed by atoms with E-state index in [1.54, 1.807) is 0 Å². The largest absolute Gasteiger partial charge is 0.573 e. The van der Waals surface area contributed by atoms with Crippen molar-refractivity contribution in [2.75, 3.05) is 0 Å². The Hall–Kier alpha value is -2.09. The molecule has 194 valence electrons. The molecule has 0 spiro atoms. The second kappa shape index (κ2) is 11.3. The van der Waals surface area contributed by atoms with E-state index < -0.39 is 43.6 Å². The zero-order valence-corrected chi connectivity index (χ0v) is 21.0. The van der Waals surface area contributed by atoms with E-state index in [1.807, 2.05) is 0 Å². The summed E-state index contributed by atoms with van der Waals surface area (Å²) in [6, 6.07) is 3.73. The summed E-state index contributed by atoms with van der Waals surface area (Å²) in [6.07, 6.45) is -13.8. The fraction of sp³-hybridized carbons (Fsp3) is 0.333. The average molecular weight is 715 g/mol. The molecule has 0 saturated carbocycles. The van der Waals surface area contributed by atoms with Crippen LogP contribution in [0.3, 0.4) is 0 Å². The van der Waals surface area contributed by atoms with Gasteiger partial charge in [0.25, 0.3) is 0 Å². The van der Waals surface area contributed by atoms with Gasteiger partial charge in [0.05, 0.1) is 0 Å². The Morgan fingerprint density at radius 3 is 1.77 bits per heavy atom. The van der Waals surface area contributed by atoms with Crippen LogP contribution in [0.1, 0.15) is 0 Å². The number of alkyl halides is 9. The summed E-state index contributed by atoms with van der Waals surface area (Å²) < 4.78 is 119. The van der Waals surface area contributed by atoms with Gasteiger partial charge in [-0.05, 0) is 59.9 Å². The first kappa shape index (κ1) is 29.1. The van der Waals surface area contributed by atoms with E-state index >= 15 is 0 Å². The molecule has 0 unspecified atom stereocenters. The van der Waals surface area contributed by atoms with Crippen molar-refractivity contribution in [2.45, 2.75) is 31.8 Å². The number of hydrogen-bond donors (Lipinski definition) is 0. The Morgan fingerprint density at radius 2 is 1.26 bits per heavy atom. The van der Waals surface area contributed by atoms with Crippen LogP contribution in [0.25, 0.3) is 0 Å². The van der Waals surface area contributed by atoms with Gasteiger partial charge >= 0.3 is 24.7 Å². The SMILES string of the molecule is FC(F)(F)Cn1nc(Br)nc1Br.FC(F)(F)Cn1nc(Br)nc1Oc1cccc(OC(F)(F)F)c1. The second-order valence-corrected chi connectivity index (χ2v) is 8.11. The first-order valence-electron chi connectivity index (χ1n) is 8.43. The van der Waals surface area contributed by atoms with Crippen molar-refractivity contribution in [2.24, 2.45) is 0 Å². The van der Waals surface area contributed by atoms with Crippen molar-refractivity contribution in [3.8, 4) is 17.5 Å². The highest BCUT2D eigenvalue weighted by atomic mass is 79.9. The molecule has 0 aliphatic carbocycles. The van der Waals surface area contributed by atoms with Crippen LogP contribution in [-0.2, 0) is 13.1 Å². The number of ether oxygens (including phenoxy) is 2. The van der Waals surface area contributed by atoms with Crippen LogP contribution < -0.4 is 9.47 Å². The molecular formula is C15H8Br3F9N6O2. The highest BCUT2D eigenvalue weighted by molar-refractivity contribution is 9.11. The molecule has 2 heterocycles. The second-order valence-electron chi connectivity index (χ2n) is 5.98. The van der Waals surface area contributed by atoms with Gasteiger partial charge in [-0.15, -0.1) is 23.4 Å². The summed E-state index contributed by atoms with van der Waals surface area (Å²) >= 11 is 8.47. The molecule has 8 nitrogen and oxygen atoms in total. The fourth-order valence-corrected chi connectivity index (χ4v) is 3.37. The summed E-state index contributed by atoms with van der Waals surface area (Å²) in [5, 5.41) is 6.89. The lowest BCUT2D eigenvalue weighted by Gasteiger charge is -2.11. The van der Waals surface area contributed by atoms with E-state index in [9.17, 15) is 39.5 Å². The number of rotatable bonds is 5. The van der Waals surface area contributed by atoms with E-state index in [4.69, 9.17) is 4.74 Å². The molecule has 0 bridgehead atoms. The maximum atomic E-state index is 12.4. The van der Waals surface area contributed by atoms with Crippen molar-refractivity contribution in [3.63, 3.8) is 0 Å². The highest BCUT2D eigenvalue weighted by Crippen LogP contribution is 2.30. The first-order valence-corrected chi connectivity index (χ1v) is 10.8. The molecule has 0 radical (unpaired) electrons. The summed E-state index contributed by atoms with van der Waals surface area (Å²) in [6.45, 7) is -2.62. The highest BCUT2D eigenvalue weighted by Gasteiger charge is 2.32. The van der Waals surface area contributed by atoms with Crippen LogP contribution in [-0.4, -0.2) is 48.2 Å². The Morgan fingerprint density at radius 1 is 0.743 bits per heavy atom. The minimum absolute atomic E-state index is 0.0479. The predicted molar refractivity (Wildman–Crippen MR) is 108 cm³/mol. The zero-order chi connectivity index (χ0) is 26.6. The maximum Gasteiger partial charge on any atom is 0.573 e. The topological polar surface area (TPSA) is 79.9 Å². The Bertz CT molecular complexity index is 1130. The van der Waals surface area contributed by atoms with Crippen molar-refractivity contribution < 1.29 is 49.0 Å². The number of aromatic nitrogens is 6. The molecule has 0 atom stereocenters. The lowest BCUT2D eigenvalue weighted by Crippen LogP contribution is -2.19. The third kappa shape index (κ3) is 11.0. The van der Waals surface area contributed by atoms with Crippen LogP contribution >= 0.6 is 47.8 Å². The molecule has 0 amide bonds. The Kier molecular flexibility index (Phi) is 9.42. The van der Waals surface area contributed by atoms with Crippen LogP contribution in [0.4, 0.5) is 39.5 Å². The lowest BCUT2D eigenvalue weighted by molar-refractivity contribution is -0.274. The van der Waals surface area contributed by atoms with Gasteiger partial charge in [0.2, 0.25) is 9.47 Å². The van der Waals surface area contributed by atoms with Gasteiger partial charge in [-0.25, -0.2) is 9.36 Å². The third-order valence-corrected chi connectivity index (χ3v) is 4.38. The van der Waals surface area contributed by atoms with Crippen LogP contribution in [0.5, 0.6) is 17.5 Å². The number of halogens is 12. The van der Waals surface area contributed by atoms with Gasteiger partial charge < -0.3 is 9.47 Å². The third-order valence-electron chi connectivity index (χ3n) is 3.12. The summed E-state index contributed by atoms with van der Waals surface area (Å²) in [5.74, 6) is -0.786. The van der Waals surface area contributed by atoms with Gasteiger partial charge in [-0.2, -0.15) is 36.3 Å². The Labute approximate surface area is 213 Å². The molecule has 0 N–H and O–H groups in total. The number of nitrogens with zero attached hydrogens (tertiary/aromatic N) is 6. The predicted octanol–water partition coefficient (Wildman–Crippen LogP) is 6.66. The van der Waals surface area contributed by atoms with Crippen molar-refractivity contribution in [1.82, 2.24) is 29.5 Å². The van der Waals surface area contributed by atoms with E-state index in [2.05, 4.69) is 72.7 Å². The monoisotopic (exact) mass is 712 g/mol. The van der Waals surface area contributed by atoms with Crippen LogP contribution in [0.15, 0.2) is 38.5 Å². The van der Waals surface area contributed by atoms with Gasteiger partial charge in [-0.3, -0.25) is 0 Å². The van der Waals surface area contributed by atoms with Gasteiger partial charge in [0.1, 0.15) is 24.6 Å². The Balaban J connectivity index is 0.000000303. The van der Waals surface area contributed by atoms with Crippen LogP contribution in [0.2, 0.25) is 0 Å². The normalized spacial score (nSPS) is 12.2. The number of benzene rings is 1. The van der Waals surface area contributed by atoms with Crippen molar-refractivity contribution in [3.05, 3.63) is 38.5 Å². The molecule has 20 heteroatoms. The summed E-state index contributed by atoms with van der Waals surface area (Å²) in [7, 11) is 0. The molecule has 0 saturated heterocycles. The summed E-state index contributed by atoms with van der Waals surface area (Å²) in [5.41, 5.74) is 0. The molecule has 3 aromatic rings. The van der Waals surface area contributed by atoms with E-state index in [0.717, 1.165) is 12.1 Å². The first-order chi connectivity index (χ1) is 15.9. The smallest absolute Gasteiger partial charge is 0.424 e. The molecule has 1 aromatic carbocycles. The standard InChI is InChI=1S/C11H6BrF6N3O2.C4H2Br2F3N3/c12-8-19-9(21(20-8)5-10(13,14)15)22-6-2-1-3-7(4-6)23-11(16,17)18;5-2-10-3(6)12(11-2)1-4(7,8)9/h1-4H,5H2;1H2. The van der Waals surface area contributed by atoms with Crippen molar-refractivity contribution in [1.29, 1.82) is 0 Å². The summed E-state index contributed by atoms with van der Waals surface area (Å²) in [4.78, 5) is 7.16. The molecule has 35 heavy (non-hydrogen) atoms. The molecule has 2 aromatic heterocycles. The van der Waals surface area contributed by atoms with Crippen LogP contribution in [0, 0.1) is 0 Å². The minimum Gasteiger partial charge on any atom is -0.424 e. The van der Waals surface area contributed by atoms with Gasteiger partial charge in [0.15, 0.2) is 4.73 Å². The van der Waals surface area contributed by atoms with Crippen molar-refractivity contribution >= 4 is 47.8 Å². The number of hydrogen-bond acceptors (Lipinski definition) is 6. The minimum atomic E-state index is -4.90. The quantitative estimate of drug-likeness (QED) is 0.275. The molecule has 0 fully saturated rings. The van der Waals surface area contributed by atoms with E-state index in [0.29, 0.717) is 9.36 Å². The maximum absolute atomic E-state index is 12.4.